The van der Waals surface area contributed by atoms with Gasteiger partial charge in [0, 0.05) is 18.3 Å². The molecule has 0 saturated heterocycles. The van der Waals surface area contributed by atoms with Crippen LogP contribution in [0.4, 0.5) is 5.82 Å². The molecule has 2 aromatic heterocycles. The monoisotopic (exact) mass is 203 g/mol. The van der Waals surface area contributed by atoms with Crippen LogP contribution in [-0.2, 0) is 6.54 Å². The second-order valence-electron chi connectivity index (χ2n) is 3.31. The van der Waals surface area contributed by atoms with Crippen LogP contribution in [0.15, 0.2) is 24.3 Å². The van der Waals surface area contributed by atoms with Crippen LogP contribution in [0.1, 0.15) is 11.4 Å². The summed E-state index contributed by atoms with van der Waals surface area (Å²) in [6.07, 6.45) is 0. The van der Waals surface area contributed by atoms with Gasteiger partial charge in [-0.25, -0.2) is 9.67 Å². The van der Waals surface area contributed by atoms with Gasteiger partial charge < -0.3 is 11.5 Å². The third-order valence-corrected chi connectivity index (χ3v) is 2.12. The van der Waals surface area contributed by atoms with Gasteiger partial charge in [0.05, 0.1) is 5.69 Å². The highest BCUT2D eigenvalue weighted by Crippen LogP contribution is 2.11. The summed E-state index contributed by atoms with van der Waals surface area (Å²) in [5, 5.41) is 4.15. The molecule has 0 aromatic carbocycles. The molecule has 15 heavy (non-hydrogen) atoms. The van der Waals surface area contributed by atoms with Crippen molar-refractivity contribution in [2.45, 2.75) is 13.5 Å². The topological polar surface area (TPSA) is 82.8 Å². The van der Waals surface area contributed by atoms with E-state index in [1.54, 1.807) is 10.7 Å². The number of aromatic nitrogens is 3. The van der Waals surface area contributed by atoms with Crippen molar-refractivity contribution in [2.24, 2.45) is 5.73 Å². The zero-order valence-electron chi connectivity index (χ0n) is 8.51. The molecule has 0 aliphatic heterocycles. The summed E-state index contributed by atoms with van der Waals surface area (Å²) in [7, 11) is 0. The molecule has 5 nitrogen and oxygen atoms in total. The molecule has 0 aliphatic carbocycles. The largest absolute Gasteiger partial charge is 0.382 e. The molecule has 0 amide bonds. The molecule has 2 heterocycles. The van der Waals surface area contributed by atoms with E-state index in [1.165, 1.54) is 0 Å². The van der Waals surface area contributed by atoms with Crippen molar-refractivity contribution in [3.8, 4) is 5.82 Å². The van der Waals surface area contributed by atoms with Gasteiger partial charge in [0.1, 0.15) is 5.82 Å². The van der Waals surface area contributed by atoms with Crippen LogP contribution in [-0.4, -0.2) is 14.8 Å². The summed E-state index contributed by atoms with van der Waals surface area (Å²) in [6, 6.07) is 7.46. The van der Waals surface area contributed by atoms with Crippen LogP contribution in [0, 0.1) is 6.92 Å². The standard InChI is InChI=1S/C10H13N5/c1-7-5-9(12)14-15(7)10-4-2-3-8(6-11)13-10/h2-5H,6,11H2,1H3,(H2,12,14). The van der Waals surface area contributed by atoms with E-state index in [-0.39, 0.29) is 0 Å². The minimum Gasteiger partial charge on any atom is -0.382 e. The number of hydrogen-bond acceptors (Lipinski definition) is 4. The Hall–Kier alpha value is -1.88. The lowest BCUT2D eigenvalue weighted by Crippen LogP contribution is -2.06. The molecule has 0 atom stereocenters. The van der Waals surface area contributed by atoms with Crippen molar-refractivity contribution in [1.29, 1.82) is 0 Å². The van der Waals surface area contributed by atoms with Crippen molar-refractivity contribution in [3.05, 3.63) is 35.7 Å². The number of hydrogen-bond donors (Lipinski definition) is 2. The number of rotatable bonds is 2. The molecular weight excluding hydrogens is 190 g/mol. The minimum absolute atomic E-state index is 0.420. The predicted molar refractivity (Wildman–Crippen MR) is 58.4 cm³/mol. The molecule has 0 aliphatic rings. The number of aryl methyl sites for hydroxylation is 1. The number of nitrogen functional groups attached to an aromatic ring is 1. The Labute approximate surface area is 87.7 Å². The second-order valence-corrected chi connectivity index (χ2v) is 3.31. The fourth-order valence-corrected chi connectivity index (χ4v) is 1.43. The van der Waals surface area contributed by atoms with Crippen molar-refractivity contribution >= 4 is 5.82 Å². The van der Waals surface area contributed by atoms with E-state index < -0.39 is 0 Å². The van der Waals surface area contributed by atoms with E-state index in [4.69, 9.17) is 11.5 Å². The lowest BCUT2D eigenvalue weighted by Gasteiger charge is -2.04. The van der Waals surface area contributed by atoms with Crippen LogP contribution < -0.4 is 11.5 Å². The van der Waals surface area contributed by atoms with Gasteiger partial charge in [0.25, 0.3) is 0 Å². The Balaban J connectivity index is 2.49. The number of pyridine rings is 1. The number of nitrogens with two attached hydrogens (primary N) is 2. The summed E-state index contributed by atoms with van der Waals surface area (Å²) in [5.74, 6) is 1.24. The van der Waals surface area contributed by atoms with Gasteiger partial charge in [-0.05, 0) is 19.1 Å². The second kappa shape index (κ2) is 3.70. The Morgan fingerprint density at radius 3 is 2.80 bits per heavy atom. The van der Waals surface area contributed by atoms with Crippen LogP contribution in [0.2, 0.25) is 0 Å². The third kappa shape index (κ3) is 1.82. The fourth-order valence-electron chi connectivity index (χ4n) is 1.43. The fraction of sp³-hybridized carbons (Fsp3) is 0.200. The highest BCUT2D eigenvalue weighted by molar-refractivity contribution is 5.35. The molecule has 4 N–H and O–H groups in total. The van der Waals surface area contributed by atoms with Crippen molar-refractivity contribution < 1.29 is 0 Å². The number of nitrogens with zero attached hydrogens (tertiary/aromatic N) is 3. The van der Waals surface area contributed by atoms with Crippen LogP contribution in [0.25, 0.3) is 5.82 Å². The van der Waals surface area contributed by atoms with Gasteiger partial charge in [-0.1, -0.05) is 6.07 Å². The van der Waals surface area contributed by atoms with Crippen molar-refractivity contribution in [2.75, 3.05) is 5.73 Å². The highest BCUT2D eigenvalue weighted by atomic mass is 15.3. The normalized spacial score (nSPS) is 10.5. The van der Waals surface area contributed by atoms with Gasteiger partial charge >= 0.3 is 0 Å². The summed E-state index contributed by atoms with van der Waals surface area (Å²) in [5.41, 5.74) is 12.9. The molecule has 0 spiro atoms. The Bertz CT molecular complexity index is 474. The molecule has 78 valence electrons. The molecule has 0 fully saturated rings. The van der Waals surface area contributed by atoms with Gasteiger partial charge in [-0.2, -0.15) is 0 Å². The predicted octanol–water partition coefficient (Wildman–Crippen LogP) is 0.617. The van der Waals surface area contributed by atoms with E-state index in [0.717, 1.165) is 17.2 Å². The van der Waals surface area contributed by atoms with Gasteiger partial charge in [0.15, 0.2) is 5.82 Å². The maximum absolute atomic E-state index is 5.60. The zero-order valence-corrected chi connectivity index (χ0v) is 8.51. The first-order chi connectivity index (χ1) is 7.20. The maximum atomic E-state index is 5.60. The third-order valence-electron chi connectivity index (χ3n) is 2.12. The average Bonchev–Trinajstić information content (AvgIpc) is 2.58. The molecule has 2 aromatic rings. The van der Waals surface area contributed by atoms with Crippen molar-refractivity contribution in [1.82, 2.24) is 14.8 Å². The molecule has 5 heteroatoms. The molecule has 0 saturated carbocycles. The molecular formula is C10H13N5. The van der Waals surface area contributed by atoms with Crippen molar-refractivity contribution in [3.63, 3.8) is 0 Å². The van der Waals surface area contributed by atoms with Gasteiger partial charge in [0.2, 0.25) is 0 Å². The minimum atomic E-state index is 0.420. The Kier molecular flexibility index (Phi) is 2.39. The van der Waals surface area contributed by atoms with Crippen LogP contribution in [0.3, 0.4) is 0 Å². The van der Waals surface area contributed by atoms with E-state index in [0.29, 0.717) is 12.4 Å². The lowest BCUT2D eigenvalue weighted by molar-refractivity contribution is 0.807. The molecule has 2 rings (SSSR count). The van der Waals surface area contributed by atoms with Gasteiger partial charge in [-0.3, -0.25) is 0 Å². The lowest BCUT2D eigenvalue weighted by atomic mass is 10.3. The van der Waals surface area contributed by atoms with Gasteiger partial charge in [-0.15, -0.1) is 5.10 Å². The van der Waals surface area contributed by atoms with E-state index in [2.05, 4.69) is 10.1 Å². The summed E-state index contributed by atoms with van der Waals surface area (Å²) < 4.78 is 1.70. The quantitative estimate of drug-likeness (QED) is 0.749. The van der Waals surface area contributed by atoms with Crippen LogP contribution in [0.5, 0.6) is 0 Å². The van der Waals surface area contributed by atoms with E-state index in [1.807, 2.05) is 25.1 Å². The Morgan fingerprint density at radius 2 is 2.20 bits per heavy atom. The summed E-state index contributed by atoms with van der Waals surface area (Å²) in [6.45, 7) is 2.35. The zero-order chi connectivity index (χ0) is 10.8. The smallest absolute Gasteiger partial charge is 0.154 e. The first kappa shape index (κ1) is 9.67. The summed E-state index contributed by atoms with van der Waals surface area (Å²) >= 11 is 0. The van der Waals surface area contributed by atoms with Crippen LogP contribution >= 0.6 is 0 Å². The summed E-state index contributed by atoms with van der Waals surface area (Å²) in [4.78, 5) is 4.36. The average molecular weight is 203 g/mol. The maximum Gasteiger partial charge on any atom is 0.154 e. The Morgan fingerprint density at radius 1 is 1.40 bits per heavy atom. The molecule has 0 radical (unpaired) electrons. The van der Waals surface area contributed by atoms with E-state index in [9.17, 15) is 0 Å². The van der Waals surface area contributed by atoms with E-state index >= 15 is 0 Å². The SMILES string of the molecule is Cc1cc(N)nn1-c1cccc(CN)n1. The first-order valence-corrected chi connectivity index (χ1v) is 4.69. The first-order valence-electron chi connectivity index (χ1n) is 4.69. The number of anilines is 1. The molecule has 0 bridgehead atoms. The highest BCUT2D eigenvalue weighted by Gasteiger charge is 2.05. The molecule has 0 unspecified atom stereocenters.